The zero-order valence-electron chi connectivity index (χ0n) is 8.64. The van der Waals surface area contributed by atoms with E-state index in [2.05, 4.69) is 6.92 Å². The Labute approximate surface area is 81.2 Å². The van der Waals surface area contributed by atoms with Crippen molar-refractivity contribution >= 4 is 0 Å². The van der Waals surface area contributed by atoms with E-state index in [0.29, 0.717) is 6.10 Å². The Morgan fingerprint density at radius 2 is 1.77 bits per heavy atom. The molecule has 74 valence electrons. The van der Waals surface area contributed by atoms with E-state index in [4.69, 9.17) is 4.74 Å². The lowest BCUT2D eigenvalue weighted by atomic mass is 9.93. The second-order valence-electron chi connectivity index (χ2n) is 4.41. The minimum Gasteiger partial charge on any atom is -0.495 e. The second-order valence-corrected chi connectivity index (χ2v) is 4.41. The molecule has 0 aromatic rings. The molecule has 0 saturated heterocycles. The van der Waals surface area contributed by atoms with Gasteiger partial charge in [0.25, 0.3) is 0 Å². The van der Waals surface area contributed by atoms with Gasteiger partial charge in [-0.2, -0.15) is 0 Å². The van der Waals surface area contributed by atoms with Crippen molar-refractivity contribution in [1.29, 1.82) is 0 Å². The summed E-state index contributed by atoms with van der Waals surface area (Å²) in [5, 5.41) is 0. The van der Waals surface area contributed by atoms with E-state index in [1.54, 1.807) is 5.57 Å². The maximum atomic E-state index is 5.91. The number of hydrogen-bond donors (Lipinski definition) is 0. The molecule has 1 nitrogen and oxygen atoms in total. The quantitative estimate of drug-likeness (QED) is 0.551. The van der Waals surface area contributed by atoms with Crippen molar-refractivity contribution in [2.45, 2.75) is 64.4 Å². The summed E-state index contributed by atoms with van der Waals surface area (Å²) in [6, 6.07) is 0. The molecule has 1 aliphatic carbocycles. The summed E-state index contributed by atoms with van der Waals surface area (Å²) in [5.74, 6) is 1.36. The summed E-state index contributed by atoms with van der Waals surface area (Å²) in [7, 11) is 0. The third-order valence-electron chi connectivity index (χ3n) is 3.22. The van der Waals surface area contributed by atoms with Crippen LogP contribution >= 0.6 is 0 Å². The average Bonchev–Trinajstić information content (AvgIpc) is 2.08. The Kier molecular flexibility index (Phi) is 2.92. The van der Waals surface area contributed by atoms with Gasteiger partial charge in [0.05, 0.1) is 11.9 Å². The first-order valence-corrected chi connectivity index (χ1v) is 5.74. The second kappa shape index (κ2) is 4.17. The van der Waals surface area contributed by atoms with Crippen LogP contribution < -0.4 is 0 Å². The van der Waals surface area contributed by atoms with Crippen molar-refractivity contribution in [3.63, 3.8) is 0 Å². The summed E-state index contributed by atoms with van der Waals surface area (Å²) >= 11 is 0. The van der Waals surface area contributed by atoms with Crippen molar-refractivity contribution in [1.82, 2.24) is 0 Å². The lowest BCUT2D eigenvalue weighted by Gasteiger charge is -2.28. The molecule has 0 N–H and O–H groups in total. The van der Waals surface area contributed by atoms with Gasteiger partial charge < -0.3 is 4.74 Å². The molecule has 0 fully saturated rings. The molecule has 2 aliphatic rings. The maximum absolute atomic E-state index is 5.91. The summed E-state index contributed by atoms with van der Waals surface area (Å²) in [6.07, 6.45) is 11.1. The predicted molar refractivity (Wildman–Crippen MR) is 54.5 cm³/mol. The topological polar surface area (TPSA) is 9.23 Å². The van der Waals surface area contributed by atoms with Crippen LogP contribution in [0.25, 0.3) is 0 Å². The molecule has 1 heterocycles. The highest BCUT2D eigenvalue weighted by Gasteiger charge is 2.19. The fourth-order valence-corrected chi connectivity index (χ4v) is 2.38. The minimum atomic E-state index is 0.471. The van der Waals surface area contributed by atoms with Crippen LogP contribution in [0.5, 0.6) is 0 Å². The van der Waals surface area contributed by atoms with Crippen molar-refractivity contribution in [2.24, 2.45) is 0 Å². The molecule has 0 amide bonds. The summed E-state index contributed by atoms with van der Waals surface area (Å²) in [4.78, 5) is 0. The summed E-state index contributed by atoms with van der Waals surface area (Å²) < 4.78 is 5.91. The van der Waals surface area contributed by atoms with E-state index in [-0.39, 0.29) is 0 Å². The van der Waals surface area contributed by atoms with E-state index in [0.717, 1.165) is 0 Å². The smallest absolute Gasteiger partial charge is 0.0957 e. The van der Waals surface area contributed by atoms with Crippen LogP contribution in [0, 0.1) is 0 Å². The predicted octanol–water partition coefficient (Wildman–Crippen LogP) is 3.79. The van der Waals surface area contributed by atoms with Crippen molar-refractivity contribution < 1.29 is 4.74 Å². The Bertz CT molecular complexity index is 205. The summed E-state index contributed by atoms with van der Waals surface area (Å²) in [6.45, 7) is 2.20. The molecule has 0 saturated carbocycles. The highest BCUT2D eigenvalue weighted by atomic mass is 16.5. The molecule has 13 heavy (non-hydrogen) atoms. The van der Waals surface area contributed by atoms with Gasteiger partial charge in [0.1, 0.15) is 0 Å². The molecule has 1 unspecified atom stereocenters. The summed E-state index contributed by atoms with van der Waals surface area (Å²) in [5.41, 5.74) is 1.64. The monoisotopic (exact) mass is 180 g/mol. The molecule has 0 aromatic carbocycles. The highest BCUT2D eigenvalue weighted by Crippen LogP contribution is 2.32. The Hall–Kier alpha value is -0.460. The van der Waals surface area contributed by atoms with Gasteiger partial charge in [-0.1, -0.05) is 12.8 Å². The molecule has 0 radical (unpaired) electrons. The van der Waals surface area contributed by atoms with E-state index in [1.807, 2.05) is 0 Å². The molecule has 2 rings (SSSR count). The Balaban J connectivity index is 2.07. The number of rotatable bonds is 0. The van der Waals surface area contributed by atoms with Gasteiger partial charge >= 0.3 is 0 Å². The van der Waals surface area contributed by atoms with Gasteiger partial charge in [-0.05, 0) is 44.6 Å². The maximum Gasteiger partial charge on any atom is 0.0957 e. The van der Waals surface area contributed by atoms with E-state index < -0.39 is 0 Å². The first kappa shape index (κ1) is 9.11. The van der Waals surface area contributed by atoms with Gasteiger partial charge in [-0.25, -0.2) is 0 Å². The third-order valence-corrected chi connectivity index (χ3v) is 3.22. The molecule has 0 aromatic heterocycles. The SMILES string of the molecule is CC1CCC2=C(CCCCCC2)O1. The highest BCUT2D eigenvalue weighted by molar-refractivity contribution is 5.12. The number of ether oxygens (including phenoxy) is 1. The van der Waals surface area contributed by atoms with Crippen LogP contribution in [0.3, 0.4) is 0 Å². The van der Waals surface area contributed by atoms with Crippen LogP contribution in [0.1, 0.15) is 58.3 Å². The molecule has 0 bridgehead atoms. The fourth-order valence-electron chi connectivity index (χ4n) is 2.38. The van der Waals surface area contributed by atoms with Crippen LogP contribution in [0.2, 0.25) is 0 Å². The standard InChI is InChI=1S/C12H20O/c1-10-8-9-11-6-4-2-3-5-7-12(11)13-10/h10H,2-9H2,1H3. The first-order valence-electron chi connectivity index (χ1n) is 5.74. The molecule has 1 aliphatic heterocycles. The number of allylic oxidation sites excluding steroid dienone is 2. The molecule has 0 spiro atoms. The first-order chi connectivity index (χ1) is 6.36. The van der Waals surface area contributed by atoms with Crippen LogP contribution in [-0.4, -0.2) is 6.10 Å². The van der Waals surface area contributed by atoms with Crippen molar-refractivity contribution in [3.8, 4) is 0 Å². The largest absolute Gasteiger partial charge is 0.495 e. The van der Waals surface area contributed by atoms with Crippen molar-refractivity contribution in [2.75, 3.05) is 0 Å². The molecule has 1 heteroatoms. The van der Waals surface area contributed by atoms with E-state index >= 15 is 0 Å². The Morgan fingerprint density at radius 1 is 1.00 bits per heavy atom. The molecular weight excluding hydrogens is 160 g/mol. The number of hydrogen-bond acceptors (Lipinski definition) is 1. The van der Waals surface area contributed by atoms with Gasteiger partial charge in [0.15, 0.2) is 0 Å². The third kappa shape index (κ3) is 2.26. The van der Waals surface area contributed by atoms with Crippen molar-refractivity contribution in [3.05, 3.63) is 11.3 Å². The van der Waals surface area contributed by atoms with Crippen LogP contribution in [0.15, 0.2) is 11.3 Å². The molecule has 1 atom stereocenters. The van der Waals surface area contributed by atoms with Gasteiger partial charge in [0, 0.05) is 6.42 Å². The lowest BCUT2D eigenvalue weighted by molar-refractivity contribution is 0.0949. The minimum absolute atomic E-state index is 0.471. The average molecular weight is 180 g/mol. The zero-order valence-corrected chi connectivity index (χ0v) is 8.64. The van der Waals surface area contributed by atoms with Gasteiger partial charge in [-0.3, -0.25) is 0 Å². The van der Waals surface area contributed by atoms with Crippen LogP contribution in [0.4, 0.5) is 0 Å². The fraction of sp³-hybridized carbons (Fsp3) is 0.833. The van der Waals surface area contributed by atoms with Gasteiger partial charge in [0.2, 0.25) is 0 Å². The lowest BCUT2D eigenvalue weighted by Crippen LogP contribution is -2.16. The zero-order chi connectivity index (χ0) is 9.10. The van der Waals surface area contributed by atoms with Crippen LogP contribution in [-0.2, 0) is 4.74 Å². The van der Waals surface area contributed by atoms with E-state index in [9.17, 15) is 0 Å². The normalized spacial score (nSPS) is 30.1. The molecular formula is C12H20O. The Morgan fingerprint density at radius 3 is 2.62 bits per heavy atom. The van der Waals surface area contributed by atoms with Gasteiger partial charge in [-0.15, -0.1) is 0 Å². The van der Waals surface area contributed by atoms with E-state index in [1.165, 1.54) is 57.1 Å².